The summed E-state index contributed by atoms with van der Waals surface area (Å²) in [4.78, 5) is 46.9. The minimum Gasteiger partial charge on any atom is -0.507 e. The molecule has 9 heteroatoms. The van der Waals surface area contributed by atoms with Crippen molar-refractivity contribution in [1.29, 1.82) is 0 Å². The number of hydrogen-bond donors (Lipinski definition) is 1. The fraction of sp³-hybridized carbons (Fsp3) is 0.367. The average molecular weight is 532 g/mol. The van der Waals surface area contributed by atoms with E-state index in [4.69, 9.17) is 9.47 Å². The van der Waals surface area contributed by atoms with Crippen molar-refractivity contribution in [1.82, 2.24) is 9.80 Å². The predicted molar refractivity (Wildman–Crippen MR) is 147 cm³/mol. The molecule has 2 aromatic rings. The van der Waals surface area contributed by atoms with E-state index in [0.29, 0.717) is 48.7 Å². The van der Waals surface area contributed by atoms with Gasteiger partial charge in [-0.15, -0.1) is 6.58 Å². The molecular weight excluding hydrogens is 498 g/mol. The third-order valence-electron chi connectivity index (χ3n) is 7.75. The molecule has 0 radical (unpaired) electrons. The molecule has 39 heavy (non-hydrogen) atoms. The van der Waals surface area contributed by atoms with Crippen molar-refractivity contribution in [3.63, 3.8) is 0 Å². The number of amides is 2. The van der Waals surface area contributed by atoms with Gasteiger partial charge in [0.25, 0.3) is 17.6 Å². The third kappa shape index (κ3) is 4.22. The van der Waals surface area contributed by atoms with Crippen molar-refractivity contribution < 1.29 is 29.0 Å². The van der Waals surface area contributed by atoms with Gasteiger partial charge in [0.1, 0.15) is 11.5 Å². The lowest BCUT2D eigenvalue weighted by Crippen LogP contribution is -2.52. The second-order valence-electron chi connectivity index (χ2n) is 9.93. The Morgan fingerprint density at radius 2 is 1.87 bits per heavy atom. The standard InChI is InChI=1S/C30H33N3O6/c1-4-12-32-23-9-6-5-8-22(23)30(29(32)37)25(26(34)21-10-11-24(38-3)20(2)19-21)27(35)28(36)33(30)14-7-13-31-15-17-39-18-16-31/h4-6,8-11,19,34H,1,7,12-18H2,2-3H3. The molecule has 1 N–H and O–H groups in total. The van der Waals surface area contributed by atoms with Crippen LogP contribution in [0.4, 0.5) is 5.69 Å². The molecule has 5 rings (SSSR count). The number of aliphatic hydroxyl groups is 1. The molecule has 3 heterocycles. The number of anilines is 1. The Kier molecular flexibility index (Phi) is 7.29. The largest absolute Gasteiger partial charge is 0.507 e. The van der Waals surface area contributed by atoms with Gasteiger partial charge in [0.15, 0.2) is 5.54 Å². The van der Waals surface area contributed by atoms with Crippen LogP contribution in [0.5, 0.6) is 5.75 Å². The van der Waals surface area contributed by atoms with E-state index < -0.39 is 28.9 Å². The number of methoxy groups -OCH3 is 1. The van der Waals surface area contributed by atoms with Gasteiger partial charge in [-0.05, 0) is 43.2 Å². The third-order valence-corrected chi connectivity index (χ3v) is 7.75. The van der Waals surface area contributed by atoms with Gasteiger partial charge in [-0.1, -0.05) is 24.3 Å². The molecular formula is C30H33N3O6. The number of aliphatic hydroxyl groups excluding tert-OH is 1. The van der Waals surface area contributed by atoms with Crippen LogP contribution in [0.3, 0.4) is 0 Å². The summed E-state index contributed by atoms with van der Waals surface area (Å²) in [6.45, 7) is 9.53. The van der Waals surface area contributed by atoms with Crippen LogP contribution >= 0.6 is 0 Å². The Hall–Kier alpha value is -3.95. The Bertz CT molecular complexity index is 1360. The van der Waals surface area contributed by atoms with Crippen molar-refractivity contribution >= 4 is 29.0 Å². The molecule has 0 bridgehead atoms. The quantitative estimate of drug-likeness (QED) is 0.242. The average Bonchev–Trinajstić information content (AvgIpc) is 3.32. The van der Waals surface area contributed by atoms with Gasteiger partial charge in [-0.2, -0.15) is 0 Å². The van der Waals surface area contributed by atoms with E-state index >= 15 is 0 Å². The number of rotatable bonds is 8. The monoisotopic (exact) mass is 531 g/mol. The summed E-state index contributed by atoms with van der Waals surface area (Å²) >= 11 is 0. The number of ether oxygens (including phenoxy) is 2. The van der Waals surface area contributed by atoms with Gasteiger partial charge in [-0.3, -0.25) is 19.3 Å². The van der Waals surface area contributed by atoms with Gasteiger partial charge in [0, 0.05) is 43.9 Å². The maximum atomic E-state index is 14.4. The highest BCUT2D eigenvalue weighted by Crippen LogP contribution is 2.53. The number of para-hydroxylation sites is 1. The minimum absolute atomic E-state index is 0.169. The molecule has 204 valence electrons. The van der Waals surface area contributed by atoms with Crippen molar-refractivity contribution in [3.8, 4) is 5.75 Å². The highest BCUT2D eigenvalue weighted by molar-refractivity contribution is 6.50. The summed E-state index contributed by atoms with van der Waals surface area (Å²) in [6, 6.07) is 12.1. The number of fused-ring (bicyclic) bond motifs is 2. The van der Waals surface area contributed by atoms with Crippen LogP contribution in [-0.2, 0) is 24.7 Å². The molecule has 1 unspecified atom stereocenters. The second kappa shape index (κ2) is 10.7. The zero-order valence-electron chi connectivity index (χ0n) is 22.3. The number of carbonyl (C=O) groups is 3. The highest BCUT2D eigenvalue weighted by atomic mass is 16.5. The predicted octanol–water partition coefficient (Wildman–Crippen LogP) is 2.83. The first-order valence-electron chi connectivity index (χ1n) is 13.1. The van der Waals surface area contributed by atoms with E-state index in [2.05, 4.69) is 11.5 Å². The molecule has 3 aliphatic rings. The fourth-order valence-corrected chi connectivity index (χ4v) is 5.92. The van der Waals surface area contributed by atoms with E-state index in [1.807, 2.05) is 6.92 Å². The first-order chi connectivity index (χ1) is 18.9. The minimum atomic E-state index is -1.78. The Labute approximate surface area is 227 Å². The molecule has 2 saturated heterocycles. The second-order valence-corrected chi connectivity index (χ2v) is 9.93. The lowest BCUT2D eigenvalue weighted by molar-refractivity contribution is -0.143. The Balaban J connectivity index is 1.66. The number of hydrogen-bond acceptors (Lipinski definition) is 7. The van der Waals surface area contributed by atoms with Crippen molar-refractivity contribution in [2.45, 2.75) is 18.9 Å². The molecule has 1 atom stereocenters. The van der Waals surface area contributed by atoms with Crippen molar-refractivity contribution in [2.75, 3.05) is 57.9 Å². The zero-order valence-corrected chi connectivity index (χ0v) is 22.3. The Morgan fingerprint density at radius 1 is 1.13 bits per heavy atom. The molecule has 1 spiro atoms. The number of benzene rings is 2. The summed E-state index contributed by atoms with van der Waals surface area (Å²) in [5.41, 5.74) is 0.144. The molecule has 2 fully saturated rings. The fourth-order valence-electron chi connectivity index (χ4n) is 5.92. The molecule has 3 aliphatic heterocycles. The number of likely N-dealkylation sites (tertiary alicyclic amines) is 1. The number of morpholine rings is 1. The van der Waals surface area contributed by atoms with Gasteiger partial charge in [-0.25, -0.2) is 0 Å². The van der Waals surface area contributed by atoms with E-state index in [9.17, 15) is 19.5 Å². The van der Waals surface area contributed by atoms with Crippen LogP contribution in [0.25, 0.3) is 5.76 Å². The number of ketones is 1. The molecule has 0 saturated carbocycles. The van der Waals surface area contributed by atoms with Gasteiger partial charge in [0.2, 0.25) is 0 Å². The summed E-state index contributed by atoms with van der Waals surface area (Å²) in [6.07, 6.45) is 2.15. The maximum Gasteiger partial charge on any atom is 0.296 e. The maximum absolute atomic E-state index is 14.4. The number of Topliss-reactive ketones (excluding diaryl/α,β-unsaturated/α-hetero) is 1. The normalized spacial score (nSPS) is 22.6. The van der Waals surface area contributed by atoms with Crippen LogP contribution in [0.1, 0.15) is 23.1 Å². The summed E-state index contributed by atoms with van der Waals surface area (Å²) in [5.74, 6) is -1.91. The van der Waals surface area contributed by atoms with Crippen LogP contribution in [0.2, 0.25) is 0 Å². The topological polar surface area (TPSA) is 99.6 Å². The zero-order chi connectivity index (χ0) is 27.7. The SMILES string of the molecule is C=CCN1C(=O)C2(C(=C(O)c3ccc(OC)c(C)c3)C(=O)C(=O)N2CCCN2CCOCC2)c2ccccc21. The van der Waals surface area contributed by atoms with Gasteiger partial charge >= 0.3 is 0 Å². The van der Waals surface area contributed by atoms with E-state index in [1.165, 1.54) is 9.80 Å². The molecule has 0 aromatic heterocycles. The van der Waals surface area contributed by atoms with E-state index in [0.717, 1.165) is 18.7 Å². The lowest BCUT2D eigenvalue weighted by atomic mass is 9.81. The van der Waals surface area contributed by atoms with Crippen LogP contribution in [-0.4, -0.2) is 85.6 Å². The number of carbonyl (C=O) groups excluding carboxylic acids is 3. The van der Waals surface area contributed by atoms with E-state index in [-0.39, 0.29) is 18.7 Å². The number of nitrogens with zero attached hydrogens (tertiary/aromatic N) is 3. The molecule has 2 aromatic carbocycles. The Morgan fingerprint density at radius 3 is 2.56 bits per heavy atom. The molecule has 2 amide bonds. The lowest BCUT2D eigenvalue weighted by Gasteiger charge is -2.35. The first-order valence-corrected chi connectivity index (χ1v) is 13.1. The van der Waals surface area contributed by atoms with Crippen LogP contribution < -0.4 is 9.64 Å². The molecule has 9 nitrogen and oxygen atoms in total. The van der Waals surface area contributed by atoms with Crippen LogP contribution in [0.15, 0.2) is 60.7 Å². The van der Waals surface area contributed by atoms with Gasteiger partial charge < -0.3 is 24.4 Å². The van der Waals surface area contributed by atoms with Crippen molar-refractivity contribution in [2.24, 2.45) is 0 Å². The summed E-state index contributed by atoms with van der Waals surface area (Å²) in [7, 11) is 1.55. The van der Waals surface area contributed by atoms with Crippen molar-refractivity contribution in [3.05, 3.63) is 77.4 Å². The number of aryl methyl sites for hydroxylation is 1. The first kappa shape index (κ1) is 26.6. The van der Waals surface area contributed by atoms with Crippen LogP contribution in [0, 0.1) is 6.92 Å². The molecule has 0 aliphatic carbocycles. The summed E-state index contributed by atoms with van der Waals surface area (Å²) in [5, 5.41) is 11.7. The van der Waals surface area contributed by atoms with Gasteiger partial charge in [0.05, 0.1) is 31.6 Å². The van der Waals surface area contributed by atoms with E-state index in [1.54, 1.807) is 55.7 Å². The highest BCUT2D eigenvalue weighted by Gasteiger charge is 2.66. The summed E-state index contributed by atoms with van der Waals surface area (Å²) < 4.78 is 10.8. The smallest absolute Gasteiger partial charge is 0.296 e.